The smallest absolute Gasteiger partial charge is 0.164 e. The Labute approximate surface area is 109 Å². The molecule has 0 bridgehead atoms. The summed E-state index contributed by atoms with van der Waals surface area (Å²) in [5, 5.41) is 0. The van der Waals surface area contributed by atoms with Crippen LogP contribution in [0.5, 0.6) is 11.5 Å². The number of methoxy groups -OCH3 is 1. The quantitative estimate of drug-likeness (QED) is 0.819. The second-order valence-electron chi connectivity index (χ2n) is 5.19. The maximum Gasteiger partial charge on any atom is 0.164 e. The first-order valence-electron chi connectivity index (χ1n) is 6.89. The van der Waals surface area contributed by atoms with Crippen molar-refractivity contribution in [2.45, 2.75) is 31.7 Å². The highest BCUT2D eigenvalue weighted by Crippen LogP contribution is 2.45. The van der Waals surface area contributed by atoms with Crippen molar-refractivity contribution in [3.63, 3.8) is 0 Å². The third-order valence-electron chi connectivity index (χ3n) is 4.20. The van der Waals surface area contributed by atoms with E-state index in [9.17, 15) is 0 Å². The summed E-state index contributed by atoms with van der Waals surface area (Å²) in [6.07, 6.45) is 2.46. The lowest BCUT2D eigenvalue weighted by atomic mass is 9.89. The molecule has 0 aliphatic carbocycles. The molecule has 3 nitrogen and oxygen atoms in total. The number of likely N-dealkylation sites (tertiary alicyclic amines) is 1. The molecule has 18 heavy (non-hydrogen) atoms. The number of rotatable bonds is 3. The summed E-state index contributed by atoms with van der Waals surface area (Å²) in [6, 6.07) is 6.82. The average molecular weight is 247 g/mol. The van der Waals surface area contributed by atoms with Gasteiger partial charge < -0.3 is 9.47 Å². The highest BCUT2D eigenvalue weighted by molar-refractivity contribution is 5.50. The average Bonchev–Trinajstić information content (AvgIpc) is 2.82. The van der Waals surface area contributed by atoms with Crippen LogP contribution < -0.4 is 9.47 Å². The molecule has 0 amide bonds. The first-order chi connectivity index (χ1) is 8.85. The van der Waals surface area contributed by atoms with Crippen LogP contribution in [0.25, 0.3) is 0 Å². The molecule has 2 heterocycles. The second kappa shape index (κ2) is 4.81. The van der Waals surface area contributed by atoms with Gasteiger partial charge in [-0.05, 0) is 32.0 Å². The minimum absolute atomic E-state index is 0.560. The van der Waals surface area contributed by atoms with Crippen LogP contribution in [-0.2, 0) is 0 Å². The predicted octanol–water partition coefficient (Wildman–Crippen LogP) is 2.66. The first kappa shape index (κ1) is 11.8. The van der Waals surface area contributed by atoms with Gasteiger partial charge in [0.15, 0.2) is 11.5 Å². The number of hydrogen-bond acceptors (Lipinski definition) is 3. The van der Waals surface area contributed by atoms with E-state index in [-0.39, 0.29) is 0 Å². The molecule has 1 fully saturated rings. The van der Waals surface area contributed by atoms with Gasteiger partial charge in [0.2, 0.25) is 0 Å². The van der Waals surface area contributed by atoms with Crippen molar-refractivity contribution in [1.82, 2.24) is 4.90 Å². The van der Waals surface area contributed by atoms with E-state index in [1.807, 2.05) is 6.07 Å². The molecule has 0 radical (unpaired) electrons. The van der Waals surface area contributed by atoms with E-state index in [2.05, 4.69) is 24.0 Å². The summed E-state index contributed by atoms with van der Waals surface area (Å²) in [7, 11) is 1.71. The lowest BCUT2D eigenvalue weighted by Gasteiger charge is -2.33. The first-order valence-corrected chi connectivity index (χ1v) is 6.89. The Morgan fingerprint density at radius 3 is 3.11 bits per heavy atom. The lowest BCUT2D eigenvalue weighted by molar-refractivity contribution is 0.143. The molecule has 2 unspecified atom stereocenters. The number of nitrogens with zero attached hydrogens (tertiary/aromatic N) is 1. The minimum Gasteiger partial charge on any atom is -0.493 e. The Morgan fingerprint density at radius 2 is 2.33 bits per heavy atom. The van der Waals surface area contributed by atoms with Gasteiger partial charge >= 0.3 is 0 Å². The summed E-state index contributed by atoms with van der Waals surface area (Å²) < 4.78 is 11.4. The van der Waals surface area contributed by atoms with Gasteiger partial charge in [-0.3, -0.25) is 4.90 Å². The van der Waals surface area contributed by atoms with Crippen LogP contribution in [0.2, 0.25) is 0 Å². The number of para-hydroxylation sites is 1. The van der Waals surface area contributed by atoms with Gasteiger partial charge in [0.25, 0.3) is 0 Å². The Hall–Kier alpha value is -1.22. The third kappa shape index (κ3) is 1.77. The second-order valence-corrected chi connectivity index (χ2v) is 5.19. The maximum atomic E-state index is 5.97. The van der Waals surface area contributed by atoms with Crippen LogP contribution in [0.1, 0.15) is 31.2 Å². The Morgan fingerprint density at radius 1 is 1.44 bits per heavy atom. The molecule has 1 saturated heterocycles. The topological polar surface area (TPSA) is 21.7 Å². The summed E-state index contributed by atoms with van der Waals surface area (Å²) in [5.41, 5.74) is 1.34. The predicted molar refractivity (Wildman–Crippen MR) is 71.5 cm³/mol. The molecule has 1 aromatic carbocycles. The zero-order chi connectivity index (χ0) is 12.5. The van der Waals surface area contributed by atoms with E-state index < -0.39 is 0 Å². The normalized spacial score (nSPS) is 26.3. The van der Waals surface area contributed by atoms with Crippen molar-refractivity contribution >= 4 is 0 Å². The van der Waals surface area contributed by atoms with Crippen molar-refractivity contribution < 1.29 is 9.47 Å². The zero-order valence-corrected chi connectivity index (χ0v) is 11.2. The van der Waals surface area contributed by atoms with Crippen LogP contribution in [-0.4, -0.2) is 37.7 Å². The van der Waals surface area contributed by atoms with Gasteiger partial charge in [-0.2, -0.15) is 0 Å². The minimum atomic E-state index is 0.560. The Balaban J connectivity index is 1.91. The molecule has 2 aliphatic heterocycles. The monoisotopic (exact) mass is 247 g/mol. The molecular formula is C15H21NO2. The SMILES string of the molecule is CCCN1CCC2c3cccc(OC)c3OCC21. The van der Waals surface area contributed by atoms with Crippen LogP contribution in [0.3, 0.4) is 0 Å². The van der Waals surface area contributed by atoms with Gasteiger partial charge in [-0.25, -0.2) is 0 Å². The van der Waals surface area contributed by atoms with Crippen LogP contribution >= 0.6 is 0 Å². The molecule has 0 aromatic heterocycles. The van der Waals surface area contributed by atoms with Gasteiger partial charge in [0, 0.05) is 11.5 Å². The highest BCUT2D eigenvalue weighted by Gasteiger charge is 2.40. The number of benzene rings is 1. The Kier molecular flexibility index (Phi) is 3.16. The molecule has 0 N–H and O–H groups in total. The number of hydrogen-bond donors (Lipinski definition) is 0. The van der Waals surface area contributed by atoms with Crippen molar-refractivity contribution in [3.05, 3.63) is 23.8 Å². The highest BCUT2D eigenvalue weighted by atomic mass is 16.5. The van der Waals surface area contributed by atoms with Gasteiger partial charge in [0.05, 0.1) is 13.2 Å². The molecule has 0 spiro atoms. The standard InChI is InChI=1S/C15H21NO2/c1-3-8-16-9-7-11-12-5-4-6-14(17-2)15(12)18-10-13(11)16/h4-6,11,13H,3,7-10H2,1-2H3. The molecule has 1 aromatic rings. The summed E-state index contributed by atoms with van der Waals surface area (Å²) in [6.45, 7) is 5.43. The summed E-state index contributed by atoms with van der Waals surface area (Å²) >= 11 is 0. The van der Waals surface area contributed by atoms with E-state index in [0.717, 1.165) is 18.1 Å². The molecular weight excluding hydrogens is 226 g/mol. The van der Waals surface area contributed by atoms with Crippen molar-refractivity contribution in [3.8, 4) is 11.5 Å². The maximum absolute atomic E-state index is 5.97. The zero-order valence-electron chi connectivity index (χ0n) is 11.2. The fraction of sp³-hybridized carbons (Fsp3) is 0.600. The van der Waals surface area contributed by atoms with E-state index >= 15 is 0 Å². The van der Waals surface area contributed by atoms with E-state index in [0.29, 0.717) is 12.0 Å². The van der Waals surface area contributed by atoms with Crippen molar-refractivity contribution in [2.75, 3.05) is 26.8 Å². The summed E-state index contributed by atoms with van der Waals surface area (Å²) in [4.78, 5) is 2.58. The van der Waals surface area contributed by atoms with Crippen LogP contribution in [0.4, 0.5) is 0 Å². The van der Waals surface area contributed by atoms with Crippen LogP contribution in [0, 0.1) is 0 Å². The van der Waals surface area contributed by atoms with E-state index in [1.165, 1.54) is 31.5 Å². The molecule has 3 heteroatoms. The number of ether oxygens (including phenoxy) is 2. The molecule has 0 saturated carbocycles. The lowest BCUT2D eigenvalue weighted by Crippen LogP contribution is -2.39. The molecule has 2 atom stereocenters. The molecule has 2 aliphatic rings. The van der Waals surface area contributed by atoms with Crippen molar-refractivity contribution in [1.29, 1.82) is 0 Å². The molecule has 98 valence electrons. The fourth-order valence-electron chi connectivity index (χ4n) is 3.38. The van der Waals surface area contributed by atoms with Gasteiger partial charge in [-0.15, -0.1) is 0 Å². The number of fused-ring (bicyclic) bond motifs is 3. The third-order valence-corrected chi connectivity index (χ3v) is 4.20. The van der Waals surface area contributed by atoms with E-state index in [4.69, 9.17) is 9.47 Å². The molecule has 3 rings (SSSR count). The summed E-state index contributed by atoms with van der Waals surface area (Å²) in [5.74, 6) is 2.47. The fourth-order valence-corrected chi connectivity index (χ4v) is 3.38. The van der Waals surface area contributed by atoms with Gasteiger partial charge in [-0.1, -0.05) is 19.1 Å². The largest absolute Gasteiger partial charge is 0.493 e. The van der Waals surface area contributed by atoms with Crippen molar-refractivity contribution in [2.24, 2.45) is 0 Å². The van der Waals surface area contributed by atoms with E-state index in [1.54, 1.807) is 7.11 Å². The van der Waals surface area contributed by atoms with Gasteiger partial charge in [0.1, 0.15) is 6.61 Å². The Bertz CT molecular complexity index is 433. The van der Waals surface area contributed by atoms with Crippen LogP contribution in [0.15, 0.2) is 18.2 Å².